The number of hydrogen-bond acceptors (Lipinski definition) is 6. The summed E-state index contributed by atoms with van der Waals surface area (Å²) in [6.07, 6.45) is 0.142. The summed E-state index contributed by atoms with van der Waals surface area (Å²) in [5.74, 6) is -0.960. The van der Waals surface area contributed by atoms with Crippen LogP contribution in [0.5, 0.6) is 0 Å². The number of rotatable bonds is 5. The summed E-state index contributed by atoms with van der Waals surface area (Å²) in [4.78, 5) is 38.1. The van der Waals surface area contributed by atoms with Crippen LogP contribution >= 0.6 is 11.6 Å². The number of benzene rings is 1. The smallest absolute Gasteiger partial charge is 0.338 e. The second-order valence-electron chi connectivity index (χ2n) is 7.75. The van der Waals surface area contributed by atoms with Gasteiger partial charge in [-0.05, 0) is 38.5 Å². The molecule has 2 atom stereocenters. The third-order valence-electron chi connectivity index (χ3n) is 4.45. The third kappa shape index (κ3) is 6.08. The van der Waals surface area contributed by atoms with Crippen molar-refractivity contribution in [1.82, 2.24) is 10.2 Å². The number of hydrogen-bond donors (Lipinski definition) is 1. The van der Waals surface area contributed by atoms with Gasteiger partial charge < -0.3 is 24.4 Å². The van der Waals surface area contributed by atoms with Crippen molar-refractivity contribution in [3.8, 4) is 0 Å². The molecule has 1 heterocycles. The van der Waals surface area contributed by atoms with Gasteiger partial charge in [-0.15, -0.1) is 0 Å². The lowest BCUT2D eigenvalue weighted by Gasteiger charge is -2.23. The average Bonchev–Trinajstić information content (AvgIpc) is 3.09. The molecule has 0 aromatic heterocycles. The lowest BCUT2D eigenvalue weighted by atomic mass is 10.1. The number of urea groups is 1. The van der Waals surface area contributed by atoms with Crippen molar-refractivity contribution in [2.75, 3.05) is 20.8 Å². The molecule has 0 unspecified atom stereocenters. The van der Waals surface area contributed by atoms with E-state index in [-0.39, 0.29) is 19.2 Å². The first-order valence-electron chi connectivity index (χ1n) is 9.22. The van der Waals surface area contributed by atoms with E-state index < -0.39 is 29.6 Å². The van der Waals surface area contributed by atoms with Crippen molar-refractivity contribution in [2.24, 2.45) is 0 Å². The van der Waals surface area contributed by atoms with Crippen LogP contribution in [0.3, 0.4) is 0 Å². The number of carbonyl (C=O) groups excluding carboxylic acids is 3. The number of nitrogens with zero attached hydrogens (tertiary/aromatic N) is 1. The van der Waals surface area contributed by atoms with Crippen LogP contribution in [0.1, 0.15) is 43.1 Å². The van der Waals surface area contributed by atoms with Gasteiger partial charge >= 0.3 is 18.0 Å². The minimum absolute atomic E-state index is 0.133. The first-order valence-corrected chi connectivity index (χ1v) is 9.60. The largest absolute Gasteiger partial charge is 0.467 e. The molecule has 0 spiro atoms. The van der Waals surface area contributed by atoms with Crippen molar-refractivity contribution in [3.63, 3.8) is 0 Å². The van der Waals surface area contributed by atoms with Crippen LogP contribution in [0.2, 0.25) is 5.02 Å². The molecule has 160 valence electrons. The molecule has 2 rings (SSSR count). The van der Waals surface area contributed by atoms with Gasteiger partial charge in [0.15, 0.2) is 0 Å². The lowest BCUT2D eigenvalue weighted by Crippen LogP contribution is -2.46. The number of halogens is 1. The number of nitrogens with one attached hydrogen (secondary N) is 1. The molecule has 0 saturated carbocycles. The molecule has 9 heteroatoms. The van der Waals surface area contributed by atoms with E-state index in [0.717, 1.165) is 0 Å². The molecular formula is C20H27ClN2O6. The standard InChI is InChI=1S/C20H27ClN2O6/c1-20(2,3)29-17(24)12-6-7-13(15(21)8-12)10-22-19(26)23-11-14(27-4)9-16(23)18(25)28-5/h6-8,14,16H,9-11H2,1-5H3,(H,22,26)/t14-,16+/m1/s1. The van der Waals surface area contributed by atoms with E-state index in [2.05, 4.69) is 5.32 Å². The highest BCUT2D eigenvalue weighted by Gasteiger charge is 2.40. The molecule has 0 bridgehead atoms. The highest BCUT2D eigenvalue weighted by molar-refractivity contribution is 6.31. The zero-order chi connectivity index (χ0) is 21.8. The molecule has 1 N–H and O–H groups in total. The molecule has 1 aromatic rings. The van der Waals surface area contributed by atoms with Crippen molar-refractivity contribution >= 4 is 29.6 Å². The van der Waals surface area contributed by atoms with Gasteiger partial charge in [0.2, 0.25) is 0 Å². The zero-order valence-electron chi connectivity index (χ0n) is 17.3. The Balaban J connectivity index is 2.02. The molecular weight excluding hydrogens is 400 g/mol. The molecule has 1 aliphatic rings. The number of methoxy groups -OCH3 is 2. The fourth-order valence-electron chi connectivity index (χ4n) is 2.98. The van der Waals surface area contributed by atoms with Crippen LogP contribution in [0.15, 0.2) is 18.2 Å². The monoisotopic (exact) mass is 426 g/mol. The topological polar surface area (TPSA) is 94.2 Å². The van der Waals surface area contributed by atoms with E-state index in [0.29, 0.717) is 22.6 Å². The minimum Gasteiger partial charge on any atom is -0.467 e. The Morgan fingerprint density at radius 1 is 1.24 bits per heavy atom. The number of ether oxygens (including phenoxy) is 3. The SMILES string of the molecule is COC(=O)[C@@H]1C[C@@H](OC)CN1C(=O)NCc1ccc(C(=O)OC(C)(C)C)cc1Cl. The Labute approximate surface area is 175 Å². The maximum Gasteiger partial charge on any atom is 0.338 e. The summed E-state index contributed by atoms with van der Waals surface area (Å²) in [5.41, 5.74) is 0.347. The van der Waals surface area contributed by atoms with E-state index in [1.54, 1.807) is 32.9 Å². The first-order chi connectivity index (χ1) is 13.6. The number of carbonyl (C=O) groups is 3. The minimum atomic E-state index is -0.699. The zero-order valence-corrected chi connectivity index (χ0v) is 18.0. The van der Waals surface area contributed by atoms with E-state index in [1.165, 1.54) is 25.2 Å². The number of amides is 2. The second-order valence-corrected chi connectivity index (χ2v) is 8.16. The maximum atomic E-state index is 12.6. The van der Waals surface area contributed by atoms with Crippen LogP contribution in [0.25, 0.3) is 0 Å². The van der Waals surface area contributed by atoms with Gasteiger partial charge in [0, 0.05) is 31.6 Å². The maximum absolute atomic E-state index is 12.6. The summed E-state index contributed by atoms with van der Waals surface area (Å²) in [7, 11) is 2.82. The Bertz CT molecular complexity index is 777. The predicted molar refractivity (Wildman–Crippen MR) is 107 cm³/mol. The molecule has 0 radical (unpaired) electrons. The highest BCUT2D eigenvalue weighted by atomic mass is 35.5. The van der Waals surface area contributed by atoms with E-state index in [9.17, 15) is 14.4 Å². The molecule has 29 heavy (non-hydrogen) atoms. The average molecular weight is 427 g/mol. The summed E-state index contributed by atoms with van der Waals surface area (Å²) in [6.45, 7) is 5.77. The van der Waals surface area contributed by atoms with Gasteiger partial charge in [-0.3, -0.25) is 0 Å². The van der Waals surface area contributed by atoms with Gasteiger partial charge in [0.25, 0.3) is 0 Å². The molecule has 1 saturated heterocycles. The first kappa shape index (κ1) is 23.0. The molecule has 2 amide bonds. The Morgan fingerprint density at radius 3 is 2.48 bits per heavy atom. The van der Waals surface area contributed by atoms with Crippen LogP contribution in [0, 0.1) is 0 Å². The van der Waals surface area contributed by atoms with Gasteiger partial charge in [-0.2, -0.15) is 0 Å². The van der Waals surface area contributed by atoms with Crippen LogP contribution in [-0.2, 0) is 25.5 Å². The summed E-state index contributed by atoms with van der Waals surface area (Å²) >= 11 is 6.27. The van der Waals surface area contributed by atoms with Crippen molar-refractivity contribution in [1.29, 1.82) is 0 Å². The molecule has 1 aromatic carbocycles. The molecule has 1 aliphatic heterocycles. The van der Waals surface area contributed by atoms with Gasteiger partial charge in [-0.25, -0.2) is 14.4 Å². The van der Waals surface area contributed by atoms with Crippen LogP contribution in [-0.4, -0.2) is 61.4 Å². The van der Waals surface area contributed by atoms with Gasteiger partial charge in [0.05, 0.1) is 18.8 Å². The van der Waals surface area contributed by atoms with Crippen molar-refractivity contribution in [2.45, 2.75) is 51.5 Å². The fourth-order valence-corrected chi connectivity index (χ4v) is 3.23. The Morgan fingerprint density at radius 2 is 1.93 bits per heavy atom. The second kappa shape index (κ2) is 9.45. The normalized spacial score (nSPS) is 19.0. The Kier molecular flexibility index (Phi) is 7.48. The molecule has 8 nitrogen and oxygen atoms in total. The summed E-state index contributed by atoms with van der Waals surface area (Å²) in [5, 5.41) is 3.07. The van der Waals surface area contributed by atoms with Crippen LogP contribution < -0.4 is 5.32 Å². The van der Waals surface area contributed by atoms with Gasteiger partial charge in [0.1, 0.15) is 11.6 Å². The van der Waals surface area contributed by atoms with Gasteiger partial charge in [-0.1, -0.05) is 17.7 Å². The lowest BCUT2D eigenvalue weighted by molar-refractivity contribution is -0.145. The quantitative estimate of drug-likeness (QED) is 0.727. The summed E-state index contributed by atoms with van der Waals surface area (Å²) < 4.78 is 15.4. The fraction of sp³-hybridized carbons (Fsp3) is 0.550. The van der Waals surface area contributed by atoms with Crippen LogP contribution in [0.4, 0.5) is 4.79 Å². The highest BCUT2D eigenvalue weighted by Crippen LogP contribution is 2.23. The molecule has 1 fully saturated rings. The predicted octanol–water partition coefficient (Wildman–Crippen LogP) is 2.77. The van der Waals surface area contributed by atoms with E-state index in [4.69, 9.17) is 25.8 Å². The van der Waals surface area contributed by atoms with E-state index in [1.807, 2.05) is 0 Å². The molecule has 0 aliphatic carbocycles. The summed E-state index contributed by atoms with van der Waals surface area (Å²) in [6, 6.07) is 3.63. The Hall–Kier alpha value is -2.32. The van der Waals surface area contributed by atoms with Crippen molar-refractivity contribution < 1.29 is 28.6 Å². The number of likely N-dealkylation sites (tertiary alicyclic amines) is 1. The third-order valence-corrected chi connectivity index (χ3v) is 4.80. The van der Waals surface area contributed by atoms with Crippen molar-refractivity contribution in [3.05, 3.63) is 34.3 Å². The van der Waals surface area contributed by atoms with E-state index >= 15 is 0 Å². The number of esters is 2.